The van der Waals surface area contributed by atoms with Crippen LogP contribution in [0.4, 0.5) is 0 Å². The van der Waals surface area contributed by atoms with Gasteiger partial charge >= 0.3 is 0 Å². The zero-order valence-corrected chi connectivity index (χ0v) is 7.34. The number of hydrogen-bond donors (Lipinski definition) is 0. The highest BCUT2D eigenvalue weighted by Crippen LogP contribution is 2.31. The fraction of sp³-hybridized carbons (Fsp3) is 0. The van der Waals surface area contributed by atoms with Crippen molar-refractivity contribution in [3.05, 3.63) is 35.9 Å². The Morgan fingerprint density at radius 1 is 1.27 bits per heavy atom. The van der Waals surface area contributed by atoms with Gasteiger partial charge in [-0.2, -0.15) is 0 Å². The normalized spacial score (nSPS) is 12.5. The van der Waals surface area contributed by atoms with E-state index in [4.69, 9.17) is 11.2 Å². The first-order valence-electron chi connectivity index (χ1n) is 3.01. The summed E-state index contributed by atoms with van der Waals surface area (Å²) in [5.74, 6) is 0. The van der Waals surface area contributed by atoms with E-state index in [9.17, 15) is 9.36 Å². The summed E-state index contributed by atoms with van der Waals surface area (Å²) in [6.07, 6.45) is 0. The molecule has 0 amide bonds. The Morgan fingerprint density at radius 3 is 2.27 bits per heavy atom. The van der Waals surface area contributed by atoms with Crippen molar-refractivity contribution < 1.29 is 9.36 Å². The number of carbonyl (C=O) groups excluding carboxylic acids is 1. The lowest BCUT2D eigenvalue weighted by Gasteiger charge is -1.92. The highest BCUT2D eigenvalue weighted by atomic mass is 35.7. The molecule has 0 bridgehead atoms. The summed E-state index contributed by atoms with van der Waals surface area (Å²) < 4.78 is 10.5. The molecule has 0 aliphatic carbocycles. The van der Waals surface area contributed by atoms with Gasteiger partial charge in [0.05, 0.1) is 0 Å². The largest absolute Gasteiger partial charge is 0.301 e. The van der Waals surface area contributed by atoms with Crippen LogP contribution >= 0.6 is 18.4 Å². The standard InChI is InChI=1S/C7H6ClO2P/c8-11(10)7(9)6-4-2-1-3-5-6/h1-5,11H. The monoisotopic (exact) mass is 188 g/mol. The fourth-order valence-corrected chi connectivity index (χ4v) is 1.42. The van der Waals surface area contributed by atoms with Crippen LogP contribution in [0.1, 0.15) is 10.4 Å². The predicted molar refractivity (Wildman–Crippen MR) is 45.6 cm³/mol. The number of rotatable bonds is 2. The second kappa shape index (κ2) is 3.70. The molecular weight excluding hydrogens is 183 g/mol. The van der Waals surface area contributed by atoms with E-state index in [0.29, 0.717) is 5.56 Å². The Bertz CT molecular complexity index is 284. The molecule has 0 saturated carbocycles. The van der Waals surface area contributed by atoms with E-state index < -0.39 is 12.7 Å². The zero-order chi connectivity index (χ0) is 8.27. The van der Waals surface area contributed by atoms with Crippen molar-refractivity contribution in [3.63, 3.8) is 0 Å². The van der Waals surface area contributed by atoms with Crippen molar-refractivity contribution in [2.24, 2.45) is 0 Å². The van der Waals surface area contributed by atoms with Gasteiger partial charge in [-0.15, -0.1) is 0 Å². The van der Waals surface area contributed by atoms with E-state index in [2.05, 4.69) is 0 Å². The quantitative estimate of drug-likeness (QED) is 0.669. The third-order valence-corrected chi connectivity index (χ3v) is 2.38. The molecule has 0 aromatic heterocycles. The van der Waals surface area contributed by atoms with Gasteiger partial charge in [-0.1, -0.05) is 30.3 Å². The van der Waals surface area contributed by atoms with Crippen LogP contribution < -0.4 is 0 Å². The number of benzene rings is 1. The molecule has 0 spiro atoms. The molecule has 0 fully saturated rings. The molecular formula is C7H6ClO2P. The van der Waals surface area contributed by atoms with E-state index in [0.717, 1.165) is 0 Å². The van der Waals surface area contributed by atoms with E-state index in [1.54, 1.807) is 30.3 Å². The summed E-state index contributed by atoms with van der Waals surface area (Å²) in [6, 6.07) is 8.37. The Balaban J connectivity index is 2.95. The molecule has 0 radical (unpaired) electrons. The van der Waals surface area contributed by atoms with Gasteiger partial charge in [0.1, 0.15) is 0 Å². The van der Waals surface area contributed by atoms with Crippen molar-refractivity contribution in [3.8, 4) is 0 Å². The van der Waals surface area contributed by atoms with Gasteiger partial charge in [0.25, 0.3) is 0 Å². The number of hydrogen-bond acceptors (Lipinski definition) is 2. The van der Waals surface area contributed by atoms with Crippen LogP contribution in [-0.2, 0) is 4.57 Å². The van der Waals surface area contributed by atoms with Gasteiger partial charge in [-0.3, -0.25) is 4.79 Å². The highest BCUT2D eigenvalue weighted by Gasteiger charge is 2.09. The summed E-state index contributed by atoms with van der Waals surface area (Å²) in [4.78, 5) is 10.9. The van der Waals surface area contributed by atoms with Crippen LogP contribution in [0.2, 0.25) is 0 Å². The summed E-state index contributed by atoms with van der Waals surface area (Å²) in [6.45, 7) is 0. The third-order valence-electron chi connectivity index (χ3n) is 1.21. The molecule has 58 valence electrons. The Kier molecular flexibility index (Phi) is 2.86. The average molecular weight is 189 g/mol. The minimum atomic E-state index is -2.58. The third kappa shape index (κ3) is 2.18. The molecule has 1 unspecified atom stereocenters. The molecule has 1 aromatic rings. The first-order chi connectivity index (χ1) is 5.22. The van der Waals surface area contributed by atoms with Crippen molar-refractivity contribution in [2.75, 3.05) is 0 Å². The van der Waals surface area contributed by atoms with Crippen LogP contribution in [0.5, 0.6) is 0 Å². The molecule has 0 aliphatic rings. The van der Waals surface area contributed by atoms with E-state index in [1.165, 1.54) is 0 Å². The minimum absolute atomic E-state index is 0.409. The maximum absolute atomic E-state index is 10.9. The molecule has 1 rings (SSSR count). The van der Waals surface area contributed by atoms with Gasteiger partial charge in [0.2, 0.25) is 12.7 Å². The highest BCUT2D eigenvalue weighted by molar-refractivity contribution is 7.88. The summed E-state index contributed by atoms with van der Waals surface area (Å²) >= 11 is 5.16. The number of halogens is 1. The van der Waals surface area contributed by atoms with Crippen molar-refractivity contribution in [1.29, 1.82) is 0 Å². The zero-order valence-electron chi connectivity index (χ0n) is 5.58. The second-order valence-corrected chi connectivity index (χ2v) is 4.00. The maximum atomic E-state index is 10.9. The van der Waals surface area contributed by atoms with Gasteiger partial charge < -0.3 is 4.57 Å². The van der Waals surface area contributed by atoms with Crippen LogP contribution in [-0.4, -0.2) is 5.52 Å². The molecule has 0 saturated heterocycles. The second-order valence-electron chi connectivity index (χ2n) is 1.97. The smallest absolute Gasteiger partial charge is 0.233 e. The molecule has 11 heavy (non-hydrogen) atoms. The first kappa shape index (κ1) is 8.51. The van der Waals surface area contributed by atoms with Gasteiger partial charge in [0, 0.05) is 5.56 Å². The molecule has 2 nitrogen and oxygen atoms in total. The molecule has 0 N–H and O–H groups in total. The molecule has 0 aliphatic heterocycles. The lowest BCUT2D eigenvalue weighted by Crippen LogP contribution is -1.88. The van der Waals surface area contributed by atoms with Crippen LogP contribution in [0, 0.1) is 0 Å². The average Bonchev–Trinajstić information content (AvgIpc) is 2.05. The van der Waals surface area contributed by atoms with Crippen LogP contribution in [0.15, 0.2) is 30.3 Å². The predicted octanol–water partition coefficient (Wildman–Crippen LogP) is 2.54. The van der Waals surface area contributed by atoms with Gasteiger partial charge in [-0.25, -0.2) is 0 Å². The summed E-state index contributed by atoms with van der Waals surface area (Å²) in [5, 5.41) is 0. The molecule has 1 aromatic carbocycles. The van der Waals surface area contributed by atoms with Crippen molar-refractivity contribution in [2.45, 2.75) is 0 Å². The molecule has 0 heterocycles. The van der Waals surface area contributed by atoms with Crippen molar-refractivity contribution >= 4 is 23.9 Å². The molecule has 1 atom stereocenters. The lowest BCUT2D eigenvalue weighted by molar-refractivity contribution is 0.108. The van der Waals surface area contributed by atoms with Crippen molar-refractivity contribution in [1.82, 2.24) is 0 Å². The van der Waals surface area contributed by atoms with Crippen LogP contribution in [0.25, 0.3) is 0 Å². The minimum Gasteiger partial charge on any atom is -0.301 e. The SMILES string of the molecule is O=C(c1ccccc1)[PH](=O)Cl. The first-order valence-corrected chi connectivity index (χ1v) is 5.43. The fourth-order valence-electron chi connectivity index (χ4n) is 0.703. The maximum Gasteiger partial charge on any atom is 0.233 e. The Labute approximate surface area is 69.8 Å². The van der Waals surface area contributed by atoms with Gasteiger partial charge in [0.15, 0.2) is 0 Å². The van der Waals surface area contributed by atoms with E-state index in [1.807, 2.05) is 0 Å². The molecule has 4 heteroatoms. The Hall–Kier alpha value is -0.590. The lowest BCUT2D eigenvalue weighted by atomic mass is 10.2. The topological polar surface area (TPSA) is 34.1 Å². The summed E-state index contributed by atoms with van der Waals surface area (Å²) in [7, 11) is -2.58. The number of carbonyl (C=O) groups is 1. The summed E-state index contributed by atoms with van der Waals surface area (Å²) in [5.41, 5.74) is -0.0661. The van der Waals surface area contributed by atoms with E-state index in [-0.39, 0.29) is 0 Å². The van der Waals surface area contributed by atoms with Gasteiger partial charge in [-0.05, 0) is 11.2 Å². The van der Waals surface area contributed by atoms with E-state index >= 15 is 0 Å². The Morgan fingerprint density at radius 2 is 1.82 bits per heavy atom. The van der Waals surface area contributed by atoms with Crippen LogP contribution in [0.3, 0.4) is 0 Å².